The molecule has 0 fully saturated rings. The Morgan fingerprint density at radius 1 is 1.16 bits per heavy atom. The predicted molar refractivity (Wildman–Crippen MR) is 115 cm³/mol. The summed E-state index contributed by atoms with van der Waals surface area (Å²) in [5.41, 5.74) is 1.46. The van der Waals surface area contributed by atoms with Gasteiger partial charge in [0.25, 0.3) is 0 Å². The lowest BCUT2D eigenvalue weighted by Gasteiger charge is -2.28. The number of carbonyl (C=O) groups excluding carboxylic acids is 3. The zero-order chi connectivity index (χ0) is 22.4. The van der Waals surface area contributed by atoms with Crippen LogP contribution in [0.3, 0.4) is 0 Å². The van der Waals surface area contributed by atoms with E-state index in [2.05, 4.69) is 15.6 Å². The number of ether oxygens (including phenoxy) is 2. The van der Waals surface area contributed by atoms with Gasteiger partial charge in [0.15, 0.2) is 10.9 Å². The molecular weight excluding hydrogens is 420 g/mol. The van der Waals surface area contributed by atoms with Crippen LogP contribution in [0.4, 0.5) is 4.79 Å². The first kappa shape index (κ1) is 22.4. The fourth-order valence-electron chi connectivity index (χ4n) is 3.24. The van der Waals surface area contributed by atoms with Gasteiger partial charge in [0.1, 0.15) is 6.61 Å². The first-order chi connectivity index (χ1) is 15.0. The monoisotopic (exact) mass is 444 g/mol. The molecule has 10 heteroatoms. The third-order valence-electron chi connectivity index (χ3n) is 4.63. The summed E-state index contributed by atoms with van der Waals surface area (Å²) in [6, 6.07) is 8.33. The number of hydrogen-bond donors (Lipinski definition) is 2. The van der Waals surface area contributed by atoms with Crippen molar-refractivity contribution in [2.24, 2.45) is 0 Å². The molecule has 0 radical (unpaired) electrons. The van der Waals surface area contributed by atoms with Gasteiger partial charge in [0.2, 0.25) is 0 Å². The standard InChI is InChI=1S/C21H24N4O5S/c1-4-14-17(19(27)29-5-2)15(24-20(28)23-14)12-30-18(26)16-11-22-21(31-3)25(16)13-9-7-6-8-10-13/h6-11,14H,4-5,12H2,1-3H3,(H2,23,24,28)/t14-/m1/s1. The molecule has 0 spiro atoms. The second kappa shape index (κ2) is 10.2. The molecule has 0 saturated heterocycles. The Balaban J connectivity index is 1.88. The predicted octanol–water partition coefficient (Wildman–Crippen LogP) is 2.66. The minimum Gasteiger partial charge on any atom is -0.463 e. The molecule has 1 aromatic heterocycles. The summed E-state index contributed by atoms with van der Waals surface area (Å²) in [6.45, 7) is 3.43. The van der Waals surface area contributed by atoms with Gasteiger partial charge in [0, 0.05) is 5.69 Å². The Hall–Kier alpha value is -3.27. The van der Waals surface area contributed by atoms with Gasteiger partial charge in [-0.2, -0.15) is 0 Å². The van der Waals surface area contributed by atoms with E-state index < -0.39 is 24.0 Å². The molecule has 0 aliphatic carbocycles. The number of urea groups is 1. The molecule has 2 N–H and O–H groups in total. The lowest BCUT2D eigenvalue weighted by Crippen LogP contribution is -2.51. The van der Waals surface area contributed by atoms with E-state index in [1.165, 1.54) is 18.0 Å². The molecule has 31 heavy (non-hydrogen) atoms. The van der Waals surface area contributed by atoms with E-state index in [9.17, 15) is 14.4 Å². The SMILES string of the molecule is CCOC(=O)C1=C(COC(=O)c2cnc(SC)n2-c2ccccc2)NC(=O)N[C@@H]1CC. The van der Waals surface area contributed by atoms with E-state index in [0.29, 0.717) is 11.6 Å². The van der Waals surface area contributed by atoms with Gasteiger partial charge in [-0.15, -0.1) is 0 Å². The number of nitrogens with zero attached hydrogens (tertiary/aromatic N) is 2. The average molecular weight is 445 g/mol. The first-order valence-electron chi connectivity index (χ1n) is 9.82. The largest absolute Gasteiger partial charge is 0.463 e. The van der Waals surface area contributed by atoms with Crippen molar-refractivity contribution in [1.82, 2.24) is 20.2 Å². The molecule has 1 aliphatic rings. The van der Waals surface area contributed by atoms with Crippen LogP contribution in [0.15, 0.2) is 53.0 Å². The highest BCUT2D eigenvalue weighted by molar-refractivity contribution is 7.98. The number of nitrogens with one attached hydrogen (secondary N) is 2. The maximum Gasteiger partial charge on any atom is 0.357 e. The molecule has 0 unspecified atom stereocenters. The van der Waals surface area contributed by atoms with Crippen LogP contribution in [-0.2, 0) is 14.3 Å². The number of para-hydroxylation sites is 1. The number of carbonyl (C=O) groups is 3. The van der Waals surface area contributed by atoms with E-state index in [1.807, 2.05) is 43.5 Å². The normalized spacial score (nSPS) is 15.8. The second-order valence-electron chi connectivity index (χ2n) is 6.55. The molecule has 164 valence electrons. The Morgan fingerprint density at radius 3 is 2.55 bits per heavy atom. The van der Waals surface area contributed by atoms with Gasteiger partial charge in [-0.3, -0.25) is 4.57 Å². The van der Waals surface area contributed by atoms with E-state index >= 15 is 0 Å². The van der Waals surface area contributed by atoms with Crippen molar-refractivity contribution in [3.63, 3.8) is 0 Å². The average Bonchev–Trinajstić information content (AvgIpc) is 3.22. The lowest BCUT2D eigenvalue weighted by molar-refractivity contribution is -0.139. The zero-order valence-electron chi connectivity index (χ0n) is 17.5. The van der Waals surface area contributed by atoms with Crippen LogP contribution in [0.2, 0.25) is 0 Å². The topological polar surface area (TPSA) is 112 Å². The van der Waals surface area contributed by atoms with Crippen LogP contribution < -0.4 is 10.6 Å². The van der Waals surface area contributed by atoms with E-state index in [1.54, 1.807) is 11.5 Å². The van der Waals surface area contributed by atoms with Crippen molar-refractivity contribution in [2.75, 3.05) is 19.5 Å². The Labute approximate surface area is 184 Å². The molecule has 3 rings (SSSR count). The summed E-state index contributed by atoms with van der Waals surface area (Å²) in [5.74, 6) is -1.19. The van der Waals surface area contributed by atoms with Gasteiger partial charge in [-0.05, 0) is 31.7 Å². The van der Waals surface area contributed by atoms with Crippen LogP contribution in [0.5, 0.6) is 0 Å². The first-order valence-corrected chi connectivity index (χ1v) is 11.0. The van der Waals surface area contributed by atoms with Crippen molar-refractivity contribution < 1.29 is 23.9 Å². The summed E-state index contributed by atoms with van der Waals surface area (Å²) in [5, 5.41) is 5.88. The summed E-state index contributed by atoms with van der Waals surface area (Å²) < 4.78 is 12.3. The summed E-state index contributed by atoms with van der Waals surface area (Å²) in [4.78, 5) is 41.6. The van der Waals surface area contributed by atoms with Crippen molar-refractivity contribution in [1.29, 1.82) is 0 Å². The number of rotatable bonds is 8. The number of thioether (sulfide) groups is 1. The maximum absolute atomic E-state index is 12.9. The van der Waals surface area contributed by atoms with Crippen molar-refractivity contribution >= 4 is 29.7 Å². The summed E-state index contributed by atoms with van der Waals surface area (Å²) >= 11 is 1.40. The number of aromatic nitrogens is 2. The highest BCUT2D eigenvalue weighted by atomic mass is 32.2. The van der Waals surface area contributed by atoms with E-state index in [0.717, 1.165) is 5.69 Å². The molecule has 2 amide bonds. The van der Waals surface area contributed by atoms with E-state index in [4.69, 9.17) is 9.47 Å². The van der Waals surface area contributed by atoms with E-state index in [-0.39, 0.29) is 30.2 Å². The maximum atomic E-state index is 12.9. The zero-order valence-corrected chi connectivity index (χ0v) is 18.3. The van der Waals surface area contributed by atoms with Crippen LogP contribution in [0.1, 0.15) is 30.8 Å². The Morgan fingerprint density at radius 2 is 1.90 bits per heavy atom. The van der Waals surface area contributed by atoms with Crippen molar-refractivity contribution in [3.8, 4) is 5.69 Å². The number of benzene rings is 1. The van der Waals surface area contributed by atoms with Gasteiger partial charge in [-0.1, -0.05) is 36.9 Å². The van der Waals surface area contributed by atoms with Crippen molar-refractivity contribution in [2.45, 2.75) is 31.5 Å². The summed E-state index contributed by atoms with van der Waals surface area (Å²) in [7, 11) is 0. The molecule has 0 saturated carbocycles. The van der Waals surface area contributed by atoms with Gasteiger partial charge in [0.05, 0.1) is 30.1 Å². The number of amides is 2. The Kier molecular flexibility index (Phi) is 7.35. The highest BCUT2D eigenvalue weighted by Crippen LogP contribution is 2.23. The minimum atomic E-state index is -0.631. The van der Waals surface area contributed by atoms with Crippen molar-refractivity contribution in [3.05, 3.63) is 53.5 Å². The second-order valence-corrected chi connectivity index (χ2v) is 7.32. The van der Waals surface area contributed by atoms with Gasteiger partial charge in [-0.25, -0.2) is 19.4 Å². The smallest absolute Gasteiger partial charge is 0.357 e. The van der Waals surface area contributed by atoms with Gasteiger partial charge >= 0.3 is 18.0 Å². The Bertz CT molecular complexity index is 1000. The number of esters is 2. The molecule has 1 atom stereocenters. The van der Waals surface area contributed by atoms with Crippen LogP contribution in [0.25, 0.3) is 5.69 Å². The third-order valence-corrected chi connectivity index (χ3v) is 5.28. The van der Waals surface area contributed by atoms with Crippen LogP contribution >= 0.6 is 11.8 Å². The molecule has 0 bridgehead atoms. The van der Waals surface area contributed by atoms with Crippen LogP contribution in [0, 0.1) is 0 Å². The highest BCUT2D eigenvalue weighted by Gasteiger charge is 2.32. The third kappa shape index (κ3) is 4.91. The molecule has 9 nitrogen and oxygen atoms in total. The quantitative estimate of drug-likeness (QED) is 0.476. The van der Waals surface area contributed by atoms with Crippen LogP contribution in [-0.4, -0.2) is 53.0 Å². The molecule has 2 heterocycles. The molecule has 2 aromatic rings. The number of hydrogen-bond acceptors (Lipinski definition) is 7. The fourth-order valence-corrected chi connectivity index (χ4v) is 3.78. The fraction of sp³-hybridized carbons (Fsp3) is 0.333. The van der Waals surface area contributed by atoms with Gasteiger partial charge < -0.3 is 20.1 Å². The summed E-state index contributed by atoms with van der Waals surface area (Å²) in [6.07, 6.45) is 3.79. The number of imidazole rings is 1. The molecular formula is C21H24N4O5S. The minimum absolute atomic E-state index is 0.188. The molecule has 1 aromatic carbocycles. The molecule has 1 aliphatic heterocycles. The lowest BCUT2D eigenvalue weighted by atomic mass is 10.0.